The minimum absolute atomic E-state index is 0.126. The highest BCUT2D eigenvalue weighted by Crippen LogP contribution is 2.30. The van der Waals surface area contributed by atoms with Crippen molar-refractivity contribution in [3.8, 4) is 0 Å². The summed E-state index contributed by atoms with van der Waals surface area (Å²) < 4.78 is 25.7. The number of aryl methyl sites for hydroxylation is 2. The van der Waals surface area contributed by atoms with E-state index in [0.29, 0.717) is 5.56 Å². The molecule has 1 aliphatic carbocycles. The lowest BCUT2D eigenvalue weighted by molar-refractivity contribution is -0.384. The van der Waals surface area contributed by atoms with Crippen molar-refractivity contribution in [3.63, 3.8) is 0 Å². The van der Waals surface area contributed by atoms with Crippen LogP contribution in [-0.2, 0) is 21.2 Å². The zero-order valence-corrected chi connectivity index (χ0v) is 17.1. The van der Waals surface area contributed by atoms with E-state index in [1.807, 2.05) is 24.3 Å². The number of sulfonamides is 1. The third-order valence-corrected chi connectivity index (χ3v) is 6.19. The van der Waals surface area contributed by atoms with Crippen molar-refractivity contribution < 1.29 is 18.1 Å². The van der Waals surface area contributed by atoms with E-state index in [9.17, 15) is 23.3 Å². The largest absolute Gasteiger partial charge is 0.348 e. The Morgan fingerprint density at radius 1 is 1.28 bits per heavy atom. The summed E-state index contributed by atoms with van der Waals surface area (Å²) in [5.41, 5.74) is 2.64. The van der Waals surface area contributed by atoms with Gasteiger partial charge in [-0.1, -0.05) is 30.3 Å². The zero-order valence-electron chi connectivity index (χ0n) is 16.3. The van der Waals surface area contributed by atoms with Crippen molar-refractivity contribution >= 4 is 27.3 Å². The van der Waals surface area contributed by atoms with Gasteiger partial charge in [-0.3, -0.25) is 19.2 Å². The molecule has 29 heavy (non-hydrogen) atoms. The summed E-state index contributed by atoms with van der Waals surface area (Å²) in [6.45, 7) is 1.20. The fourth-order valence-corrected chi connectivity index (χ4v) is 4.54. The second-order valence-corrected chi connectivity index (χ2v) is 9.12. The molecule has 8 nitrogen and oxygen atoms in total. The van der Waals surface area contributed by atoms with Crippen molar-refractivity contribution in [2.75, 3.05) is 17.1 Å². The van der Waals surface area contributed by atoms with Crippen LogP contribution in [0.15, 0.2) is 42.5 Å². The first kappa shape index (κ1) is 20.8. The highest BCUT2D eigenvalue weighted by atomic mass is 32.2. The molecule has 2 aromatic carbocycles. The highest BCUT2D eigenvalue weighted by molar-refractivity contribution is 7.92. The molecule has 1 atom stereocenters. The predicted molar refractivity (Wildman–Crippen MR) is 110 cm³/mol. The molecule has 0 saturated heterocycles. The lowest BCUT2D eigenvalue weighted by Gasteiger charge is -2.28. The Balaban J connectivity index is 1.85. The van der Waals surface area contributed by atoms with Crippen molar-refractivity contribution in [3.05, 3.63) is 69.3 Å². The van der Waals surface area contributed by atoms with Gasteiger partial charge in [0.05, 0.1) is 22.9 Å². The first-order valence-corrected chi connectivity index (χ1v) is 11.1. The summed E-state index contributed by atoms with van der Waals surface area (Å²) in [6, 6.07) is 11.7. The van der Waals surface area contributed by atoms with Gasteiger partial charge in [-0.05, 0) is 42.9 Å². The summed E-state index contributed by atoms with van der Waals surface area (Å²) >= 11 is 0. The van der Waals surface area contributed by atoms with Gasteiger partial charge in [-0.25, -0.2) is 8.42 Å². The third kappa shape index (κ3) is 4.73. The Morgan fingerprint density at radius 3 is 2.69 bits per heavy atom. The molecule has 0 heterocycles. The van der Waals surface area contributed by atoms with Crippen LogP contribution in [0.3, 0.4) is 0 Å². The number of nitrogens with one attached hydrogen (secondary N) is 1. The molecule has 0 saturated carbocycles. The molecule has 0 fully saturated rings. The van der Waals surface area contributed by atoms with E-state index in [2.05, 4.69) is 5.32 Å². The van der Waals surface area contributed by atoms with E-state index in [1.165, 1.54) is 23.8 Å². The van der Waals surface area contributed by atoms with Crippen LogP contribution in [0.1, 0.15) is 35.6 Å². The Morgan fingerprint density at radius 2 is 2.00 bits per heavy atom. The number of nitrogens with zero attached hydrogens (tertiary/aromatic N) is 2. The number of nitro benzene ring substituents is 1. The quantitative estimate of drug-likeness (QED) is 0.574. The number of carbonyl (C=O) groups excluding carboxylic acids is 1. The average Bonchev–Trinajstić information content (AvgIpc) is 2.66. The summed E-state index contributed by atoms with van der Waals surface area (Å²) in [5.74, 6) is -0.456. The van der Waals surface area contributed by atoms with Gasteiger partial charge in [-0.2, -0.15) is 0 Å². The van der Waals surface area contributed by atoms with Gasteiger partial charge >= 0.3 is 0 Å². The highest BCUT2D eigenvalue weighted by Gasteiger charge is 2.27. The molecule has 0 spiro atoms. The standard InChI is InChI=1S/C20H23N3O5S/c1-14-10-11-16(23(25)26)12-19(14)22(29(2,27)28)13-20(24)21-18-9-5-7-15-6-3-4-8-17(15)18/h3-4,6,8,10-12,18H,5,7,9,13H2,1-2H3,(H,21,24). The minimum Gasteiger partial charge on any atom is -0.348 e. The monoisotopic (exact) mass is 417 g/mol. The number of hydrogen-bond donors (Lipinski definition) is 1. The number of benzene rings is 2. The minimum atomic E-state index is -3.83. The molecular weight excluding hydrogens is 394 g/mol. The van der Waals surface area contributed by atoms with Gasteiger partial charge in [0, 0.05) is 12.1 Å². The van der Waals surface area contributed by atoms with E-state index in [-0.39, 0.29) is 17.4 Å². The van der Waals surface area contributed by atoms with Crippen molar-refractivity contribution in [2.24, 2.45) is 0 Å². The number of hydrogen-bond acceptors (Lipinski definition) is 5. The Hall–Kier alpha value is -2.94. The lowest BCUT2D eigenvalue weighted by atomic mass is 9.88. The normalized spacial score (nSPS) is 16.0. The molecule has 1 aliphatic rings. The lowest BCUT2D eigenvalue weighted by Crippen LogP contribution is -2.42. The third-order valence-electron chi connectivity index (χ3n) is 5.06. The number of anilines is 1. The van der Waals surface area contributed by atoms with Gasteiger partial charge in [0.2, 0.25) is 15.9 Å². The van der Waals surface area contributed by atoms with E-state index >= 15 is 0 Å². The van der Waals surface area contributed by atoms with E-state index in [0.717, 1.165) is 35.4 Å². The first-order chi connectivity index (χ1) is 13.7. The molecule has 0 aliphatic heterocycles. The van der Waals surface area contributed by atoms with Crippen LogP contribution < -0.4 is 9.62 Å². The molecule has 3 rings (SSSR count). The first-order valence-electron chi connectivity index (χ1n) is 9.26. The smallest absolute Gasteiger partial charge is 0.271 e. The van der Waals surface area contributed by atoms with E-state index < -0.39 is 27.4 Å². The average molecular weight is 417 g/mol. The van der Waals surface area contributed by atoms with Crippen molar-refractivity contribution in [1.82, 2.24) is 5.32 Å². The SMILES string of the molecule is Cc1ccc([N+](=O)[O-])cc1N(CC(=O)NC1CCCc2ccccc21)S(C)(=O)=O. The number of amides is 1. The summed E-state index contributed by atoms with van der Waals surface area (Å²) in [7, 11) is -3.83. The topological polar surface area (TPSA) is 110 Å². The molecule has 0 radical (unpaired) electrons. The second kappa shape index (κ2) is 8.20. The molecule has 2 aromatic rings. The van der Waals surface area contributed by atoms with Crippen LogP contribution >= 0.6 is 0 Å². The fourth-order valence-electron chi connectivity index (χ4n) is 3.64. The van der Waals surface area contributed by atoms with Gasteiger partial charge in [-0.15, -0.1) is 0 Å². The maximum Gasteiger partial charge on any atom is 0.271 e. The Bertz CT molecular complexity index is 1050. The van der Waals surface area contributed by atoms with Crippen LogP contribution in [-0.4, -0.2) is 32.0 Å². The summed E-state index contributed by atoms with van der Waals surface area (Å²) in [4.78, 5) is 23.2. The molecule has 154 valence electrons. The molecular formula is C20H23N3O5S. The van der Waals surface area contributed by atoms with Crippen LogP contribution in [0.2, 0.25) is 0 Å². The van der Waals surface area contributed by atoms with Crippen LogP contribution in [0.25, 0.3) is 0 Å². The molecule has 1 N–H and O–H groups in total. The molecule has 0 aromatic heterocycles. The van der Waals surface area contributed by atoms with E-state index in [1.54, 1.807) is 6.92 Å². The van der Waals surface area contributed by atoms with Crippen molar-refractivity contribution in [2.45, 2.75) is 32.2 Å². The molecule has 0 bridgehead atoms. The zero-order chi connectivity index (χ0) is 21.2. The van der Waals surface area contributed by atoms with Crippen LogP contribution in [0.4, 0.5) is 11.4 Å². The second-order valence-electron chi connectivity index (χ2n) is 7.21. The Labute approximate surface area is 169 Å². The summed E-state index contributed by atoms with van der Waals surface area (Å²) in [6.07, 6.45) is 3.64. The molecule has 9 heteroatoms. The van der Waals surface area contributed by atoms with Gasteiger partial charge in [0.25, 0.3) is 5.69 Å². The Kier molecular flexibility index (Phi) is 5.88. The molecule has 1 unspecified atom stereocenters. The van der Waals surface area contributed by atoms with Crippen LogP contribution in [0.5, 0.6) is 0 Å². The van der Waals surface area contributed by atoms with Crippen LogP contribution in [0, 0.1) is 17.0 Å². The van der Waals surface area contributed by atoms with E-state index in [4.69, 9.17) is 0 Å². The maximum absolute atomic E-state index is 12.7. The number of rotatable bonds is 6. The molecule has 1 amide bonds. The number of non-ortho nitro benzene ring substituents is 1. The van der Waals surface area contributed by atoms with Gasteiger partial charge < -0.3 is 5.32 Å². The van der Waals surface area contributed by atoms with Crippen molar-refractivity contribution in [1.29, 1.82) is 0 Å². The van der Waals surface area contributed by atoms with Gasteiger partial charge in [0.15, 0.2) is 0 Å². The summed E-state index contributed by atoms with van der Waals surface area (Å²) in [5, 5.41) is 14.0. The predicted octanol–water partition coefficient (Wildman–Crippen LogP) is 2.86. The fraction of sp³-hybridized carbons (Fsp3) is 0.350. The van der Waals surface area contributed by atoms with Gasteiger partial charge in [0.1, 0.15) is 6.54 Å². The number of fused-ring (bicyclic) bond motifs is 1. The number of carbonyl (C=O) groups is 1. The number of nitro groups is 1. The maximum atomic E-state index is 12.7.